The smallest absolute Gasteiger partial charge is 0.189 e. The minimum Gasteiger partial charge on any atom is -0.354 e. The highest BCUT2D eigenvalue weighted by Crippen LogP contribution is 2.22. The summed E-state index contributed by atoms with van der Waals surface area (Å²) in [4.78, 5) is 11.4. The molecule has 1 aromatic rings. The molecule has 2 heterocycles. The highest BCUT2D eigenvalue weighted by Gasteiger charge is 2.16. The van der Waals surface area contributed by atoms with Crippen molar-refractivity contribution in [3.63, 3.8) is 0 Å². The van der Waals surface area contributed by atoms with Crippen LogP contribution in [0.3, 0.4) is 0 Å². The molecule has 0 amide bonds. The van der Waals surface area contributed by atoms with Crippen LogP contribution in [0.4, 0.5) is 5.82 Å². The second-order valence-electron chi connectivity index (χ2n) is 3.98. The van der Waals surface area contributed by atoms with Gasteiger partial charge in [0.15, 0.2) is 5.16 Å². The van der Waals surface area contributed by atoms with Crippen LogP contribution in [0.5, 0.6) is 0 Å². The van der Waals surface area contributed by atoms with E-state index in [0.717, 1.165) is 42.8 Å². The zero-order valence-corrected chi connectivity index (χ0v) is 10.9. The first-order valence-electron chi connectivity index (χ1n) is 5.57. The Morgan fingerprint density at radius 1 is 1.19 bits per heavy atom. The third-order valence-corrected chi connectivity index (χ3v) is 3.49. The summed E-state index contributed by atoms with van der Waals surface area (Å²) in [6, 6.07) is 0. The van der Waals surface area contributed by atoms with Crippen molar-refractivity contribution in [3.8, 4) is 0 Å². The predicted octanol–water partition coefficient (Wildman–Crippen LogP) is 1.22. The minimum atomic E-state index is 0.872. The molecule has 4 nitrogen and oxygen atoms in total. The van der Waals surface area contributed by atoms with Gasteiger partial charge in [-0.1, -0.05) is 11.8 Å². The number of rotatable bonds is 2. The number of piperazine rings is 1. The Hall–Kier alpha value is -0.810. The number of hydrogen-bond donors (Lipinski definition) is 1. The van der Waals surface area contributed by atoms with E-state index in [1.807, 2.05) is 6.26 Å². The molecule has 1 saturated heterocycles. The van der Waals surface area contributed by atoms with Gasteiger partial charge >= 0.3 is 0 Å². The van der Waals surface area contributed by atoms with Gasteiger partial charge in [-0.2, -0.15) is 0 Å². The zero-order chi connectivity index (χ0) is 11.5. The maximum absolute atomic E-state index is 4.63. The van der Waals surface area contributed by atoms with Crippen molar-refractivity contribution in [1.82, 2.24) is 15.3 Å². The molecule has 2 rings (SSSR count). The summed E-state index contributed by atoms with van der Waals surface area (Å²) >= 11 is 1.61. The minimum absolute atomic E-state index is 0.872. The molecule has 5 heteroatoms. The number of nitrogens with zero attached hydrogens (tertiary/aromatic N) is 3. The SMILES string of the molecule is CSc1nc(C)c(C)c(N2CCNCC2)n1. The van der Waals surface area contributed by atoms with Crippen molar-refractivity contribution < 1.29 is 0 Å². The maximum atomic E-state index is 4.63. The molecule has 0 bridgehead atoms. The molecule has 0 aromatic carbocycles. The van der Waals surface area contributed by atoms with Crippen LogP contribution in [-0.2, 0) is 0 Å². The first-order valence-corrected chi connectivity index (χ1v) is 6.79. The third-order valence-electron chi connectivity index (χ3n) is 2.94. The molecule has 88 valence electrons. The van der Waals surface area contributed by atoms with E-state index in [4.69, 9.17) is 0 Å². The second kappa shape index (κ2) is 5.01. The normalized spacial score (nSPS) is 16.6. The van der Waals surface area contributed by atoms with E-state index >= 15 is 0 Å². The monoisotopic (exact) mass is 238 g/mol. The number of anilines is 1. The van der Waals surface area contributed by atoms with E-state index in [2.05, 4.69) is 34.0 Å². The van der Waals surface area contributed by atoms with E-state index in [-0.39, 0.29) is 0 Å². The standard InChI is InChI=1S/C11H18N4S/c1-8-9(2)13-11(16-3)14-10(8)15-6-4-12-5-7-15/h12H,4-7H2,1-3H3. The van der Waals surface area contributed by atoms with Gasteiger partial charge in [0.2, 0.25) is 0 Å². The summed E-state index contributed by atoms with van der Waals surface area (Å²) in [7, 11) is 0. The molecule has 1 aliphatic heterocycles. The molecule has 1 aromatic heterocycles. The highest BCUT2D eigenvalue weighted by atomic mass is 32.2. The molecular formula is C11H18N4S. The molecule has 0 saturated carbocycles. The Morgan fingerprint density at radius 3 is 2.50 bits per heavy atom. The third kappa shape index (κ3) is 2.30. The number of thioether (sulfide) groups is 1. The van der Waals surface area contributed by atoms with Crippen LogP contribution < -0.4 is 10.2 Å². The number of aryl methyl sites for hydroxylation is 1. The van der Waals surface area contributed by atoms with Crippen molar-refractivity contribution in [2.45, 2.75) is 19.0 Å². The van der Waals surface area contributed by atoms with E-state index in [1.54, 1.807) is 11.8 Å². The Morgan fingerprint density at radius 2 is 1.88 bits per heavy atom. The molecule has 0 unspecified atom stereocenters. The Labute approximate surface area is 101 Å². The fourth-order valence-corrected chi connectivity index (χ4v) is 2.27. The Bertz CT molecular complexity index is 374. The van der Waals surface area contributed by atoms with Gasteiger partial charge in [-0.15, -0.1) is 0 Å². The molecule has 16 heavy (non-hydrogen) atoms. The average molecular weight is 238 g/mol. The van der Waals surface area contributed by atoms with Crippen LogP contribution in [0.2, 0.25) is 0 Å². The maximum Gasteiger partial charge on any atom is 0.189 e. The number of hydrogen-bond acceptors (Lipinski definition) is 5. The van der Waals surface area contributed by atoms with E-state index in [1.165, 1.54) is 5.56 Å². The Balaban J connectivity index is 2.33. The van der Waals surface area contributed by atoms with Crippen molar-refractivity contribution in [2.24, 2.45) is 0 Å². The van der Waals surface area contributed by atoms with Crippen molar-refractivity contribution in [2.75, 3.05) is 37.3 Å². The molecule has 0 spiro atoms. The summed E-state index contributed by atoms with van der Waals surface area (Å²) in [6.07, 6.45) is 2.02. The largest absolute Gasteiger partial charge is 0.354 e. The summed E-state index contributed by atoms with van der Waals surface area (Å²) in [5.74, 6) is 1.11. The van der Waals surface area contributed by atoms with Gasteiger partial charge in [0.25, 0.3) is 0 Å². The van der Waals surface area contributed by atoms with Gasteiger partial charge in [0.05, 0.1) is 0 Å². The van der Waals surface area contributed by atoms with Gasteiger partial charge in [0.1, 0.15) is 5.82 Å². The van der Waals surface area contributed by atoms with Crippen molar-refractivity contribution in [3.05, 3.63) is 11.3 Å². The molecular weight excluding hydrogens is 220 g/mol. The van der Waals surface area contributed by atoms with Gasteiger partial charge < -0.3 is 10.2 Å². The van der Waals surface area contributed by atoms with Gasteiger partial charge in [-0.3, -0.25) is 0 Å². The molecule has 1 fully saturated rings. The van der Waals surface area contributed by atoms with Crippen LogP contribution >= 0.6 is 11.8 Å². The molecule has 1 N–H and O–H groups in total. The summed E-state index contributed by atoms with van der Waals surface area (Å²) < 4.78 is 0. The fourth-order valence-electron chi connectivity index (χ4n) is 1.86. The molecule has 0 atom stereocenters. The molecule has 0 radical (unpaired) electrons. The van der Waals surface area contributed by atoms with Gasteiger partial charge in [-0.05, 0) is 20.1 Å². The van der Waals surface area contributed by atoms with Crippen LogP contribution in [0, 0.1) is 13.8 Å². The highest BCUT2D eigenvalue weighted by molar-refractivity contribution is 7.98. The zero-order valence-electron chi connectivity index (χ0n) is 10.1. The first-order chi connectivity index (χ1) is 7.72. The lowest BCUT2D eigenvalue weighted by Crippen LogP contribution is -2.44. The lowest BCUT2D eigenvalue weighted by atomic mass is 10.2. The van der Waals surface area contributed by atoms with Crippen LogP contribution in [0.15, 0.2) is 5.16 Å². The summed E-state index contributed by atoms with van der Waals surface area (Å²) in [5, 5.41) is 4.23. The predicted molar refractivity (Wildman–Crippen MR) is 68.4 cm³/mol. The van der Waals surface area contributed by atoms with Crippen molar-refractivity contribution in [1.29, 1.82) is 0 Å². The quantitative estimate of drug-likeness (QED) is 0.620. The topological polar surface area (TPSA) is 41.1 Å². The van der Waals surface area contributed by atoms with E-state index in [9.17, 15) is 0 Å². The van der Waals surface area contributed by atoms with Crippen LogP contribution in [-0.4, -0.2) is 42.4 Å². The van der Waals surface area contributed by atoms with Crippen LogP contribution in [0.1, 0.15) is 11.3 Å². The van der Waals surface area contributed by atoms with E-state index < -0.39 is 0 Å². The molecule has 1 aliphatic rings. The Kier molecular flexibility index (Phi) is 3.66. The number of nitrogens with one attached hydrogen (secondary N) is 1. The lowest BCUT2D eigenvalue weighted by Gasteiger charge is -2.30. The lowest BCUT2D eigenvalue weighted by molar-refractivity contribution is 0.581. The summed E-state index contributed by atoms with van der Waals surface area (Å²) in [5.41, 5.74) is 2.30. The van der Waals surface area contributed by atoms with Gasteiger partial charge in [-0.25, -0.2) is 9.97 Å². The summed E-state index contributed by atoms with van der Waals surface area (Å²) in [6.45, 7) is 8.31. The van der Waals surface area contributed by atoms with Crippen molar-refractivity contribution >= 4 is 17.6 Å². The van der Waals surface area contributed by atoms with Crippen LogP contribution in [0.25, 0.3) is 0 Å². The van der Waals surface area contributed by atoms with E-state index in [0.29, 0.717) is 0 Å². The number of aromatic nitrogens is 2. The fraction of sp³-hybridized carbons (Fsp3) is 0.636. The molecule has 0 aliphatic carbocycles. The van der Waals surface area contributed by atoms with Gasteiger partial charge in [0, 0.05) is 37.4 Å². The first kappa shape index (κ1) is 11.7. The second-order valence-corrected chi connectivity index (χ2v) is 4.75. The average Bonchev–Trinajstić information content (AvgIpc) is 2.33.